The fourth-order valence-corrected chi connectivity index (χ4v) is 5.46. The predicted octanol–water partition coefficient (Wildman–Crippen LogP) is 2.97. The highest BCUT2D eigenvalue weighted by Crippen LogP contribution is 2.26. The monoisotopic (exact) mass is 495 g/mol. The molecule has 1 amide bonds. The minimum atomic E-state index is -3.47. The van der Waals surface area contributed by atoms with Crippen LogP contribution in [0.5, 0.6) is 0 Å². The van der Waals surface area contributed by atoms with Gasteiger partial charge in [0.15, 0.2) is 0 Å². The Morgan fingerprint density at radius 1 is 0.971 bits per heavy atom. The number of amides is 1. The first kappa shape index (κ1) is 24.9. The molecule has 186 valence electrons. The van der Waals surface area contributed by atoms with E-state index >= 15 is 0 Å². The van der Waals surface area contributed by atoms with Gasteiger partial charge in [-0.05, 0) is 23.6 Å². The van der Waals surface area contributed by atoms with Gasteiger partial charge in [0.1, 0.15) is 0 Å². The molecule has 0 fully saturated rings. The second-order valence-corrected chi connectivity index (χ2v) is 10.9. The molecule has 2 aromatic carbocycles. The number of carbonyl (C=O) groups excluding carboxylic acids is 1. The molecule has 0 unspecified atom stereocenters. The number of para-hydroxylation sites is 1. The number of hydrogen-bond acceptors (Lipinski definition) is 5. The molecule has 35 heavy (non-hydrogen) atoms. The van der Waals surface area contributed by atoms with Crippen LogP contribution in [0.3, 0.4) is 0 Å². The number of rotatable bonds is 6. The molecule has 0 atom stereocenters. The van der Waals surface area contributed by atoms with Crippen LogP contribution in [0.1, 0.15) is 24.0 Å². The molecule has 1 aliphatic heterocycles. The largest absolute Gasteiger partial charge is 0.337 e. The summed E-state index contributed by atoms with van der Waals surface area (Å²) in [6, 6.07) is 17.7. The molecule has 2 heterocycles. The van der Waals surface area contributed by atoms with Crippen LogP contribution in [0.2, 0.25) is 0 Å². The number of hydrogen-bond donors (Lipinski definition) is 0. The Balaban J connectivity index is 1.60. The quantitative estimate of drug-likeness (QED) is 0.525. The molecular formula is C26H33N5O3S. The van der Waals surface area contributed by atoms with E-state index in [0.717, 1.165) is 18.7 Å². The molecule has 8 nitrogen and oxygen atoms in total. The van der Waals surface area contributed by atoms with E-state index < -0.39 is 10.0 Å². The van der Waals surface area contributed by atoms with Crippen molar-refractivity contribution in [1.82, 2.24) is 19.4 Å². The summed E-state index contributed by atoms with van der Waals surface area (Å²) in [5, 5.41) is 0. The lowest BCUT2D eigenvalue weighted by Crippen LogP contribution is -2.38. The summed E-state index contributed by atoms with van der Waals surface area (Å²) in [5.41, 5.74) is 2.69. The number of benzene rings is 2. The Morgan fingerprint density at radius 2 is 1.74 bits per heavy atom. The van der Waals surface area contributed by atoms with E-state index in [1.807, 2.05) is 58.1 Å². The standard InChI is InChI=1S/C26H33N5O3S/c1-35(33,34)31-15-7-14-28(20-23-8-3-2-4-9-23)18-19-30(21-24-10-5-6-11-25(24)31)26(32)12-16-29-17-13-27-22-29/h2-6,8-11,13,17,22H,7,12,14-16,18-21H2,1H3. The van der Waals surface area contributed by atoms with Crippen molar-refractivity contribution in [3.63, 3.8) is 0 Å². The van der Waals surface area contributed by atoms with E-state index in [1.54, 1.807) is 12.5 Å². The summed E-state index contributed by atoms with van der Waals surface area (Å²) in [7, 11) is -3.47. The first-order valence-corrected chi connectivity index (χ1v) is 13.8. The summed E-state index contributed by atoms with van der Waals surface area (Å²) in [5.74, 6) is 0.0401. The van der Waals surface area contributed by atoms with Gasteiger partial charge >= 0.3 is 0 Å². The number of nitrogens with zero attached hydrogens (tertiary/aromatic N) is 5. The molecule has 0 aliphatic carbocycles. The minimum Gasteiger partial charge on any atom is -0.337 e. The third-order valence-electron chi connectivity index (χ3n) is 6.29. The molecule has 4 rings (SSSR count). The highest BCUT2D eigenvalue weighted by atomic mass is 32.2. The van der Waals surface area contributed by atoms with Crippen molar-refractivity contribution >= 4 is 21.6 Å². The van der Waals surface area contributed by atoms with Crippen LogP contribution >= 0.6 is 0 Å². The van der Waals surface area contributed by atoms with Crippen molar-refractivity contribution in [3.8, 4) is 0 Å². The van der Waals surface area contributed by atoms with E-state index in [0.29, 0.717) is 51.3 Å². The minimum absolute atomic E-state index is 0.0401. The zero-order valence-corrected chi connectivity index (χ0v) is 21.0. The van der Waals surface area contributed by atoms with E-state index in [-0.39, 0.29) is 5.91 Å². The number of carbonyl (C=O) groups is 1. The van der Waals surface area contributed by atoms with Gasteiger partial charge in [0.2, 0.25) is 15.9 Å². The molecule has 1 aromatic heterocycles. The van der Waals surface area contributed by atoms with Gasteiger partial charge < -0.3 is 9.47 Å². The molecule has 9 heteroatoms. The van der Waals surface area contributed by atoms with Crippen LogP contribution in [0, 0.1) is 0 Å². The molecule has 0 saturated carbocycles. The fraction of sp³-hybridized carbons (Fsp3) is 0.385. The number of aryl methyl sites for hydroxylation is 1. The van der Waals surface area contributed by atoms with Crippen molar-refractivity contribution < 1.29 is 13.2 Å². The highest BCUT2D eigenvalue weighted by molar-refractivity contribution is 7.92. The summed E-state index contributed by atoms with van der Waals surface area (Å²) < 4.78 is 28.9. The Hall–Kier alpha value is -3.17. The van der Waals surface area contributed by atoms with E-state index in [1.165, 1.54) is 16.1 Å². The number of sulfonamides is 1. The number of anilines is 1. The lowest BCUT2D eigenvalue weighted by Gasteiger charge is -2.28. The van der Waals surface area contributed by atoms with E-state index in [9.17, 15) is 13.2 Å². The van der Waals surface area contributed by atoms with Gasteiger partial charge in [-0.15, -0.1) is 0 Å². The van der Waals surface area contributed by atoms with Crippen molar-refractivity contribution in [2.24, 2.45) is 0 Å². The van der Waals surface area contributed by atoms with E-state index in [2.05, 4.69) is 22.0 Å². The summed E-state index contributed by atoms with van der Waals surface area (Å²) in [4.78, 5) is 21.6. The van der Waals surface area contributed by atoms with Gasteiger partial charge in [-0.25, -0.2) is 13.4 Å². The zero-order valence-electron chi connectivity index (χ0n) is 20.2. The second-order valence-electron chi connectivity index (χ2n) is 8.94. The number of aromatic nitrogens is 2. The van der Waals surface area contributed by atoms with Crippen molar-refractivity contribution in [3.05, 3.63) is 84.4 Å². The average molecular weight is 496 g/mol. The van der Waals surface area contributed by atoms with Gasteiger partial charge in [0.25, 0.3) is 0 Å². The molecule has 0 spiro atoms. The summed E-state index contributed by atoms with van der Waals surface area (Å²) in [6.07, 6.45) is 7.56. The molecule has 0 N–H and O–H groups in total. The average Bonchev–Trinajstić information content (AvgIpc) is 3.35. The van der Waals surface area contributed by atoms with Gasteiger partial charge in [-0.3, -0.25) is 14.0 Å². The summed E-state index contributed by atoms with van der Waals surface area (Å²) >= 11 is 0. The Kier molecular flexibility index (Phi) is 8.20. The maximum atomic E-state index is 13.3. The topological polar surface area (TPSA) is 78.8 Å². The first-order valence-electron chi connectivity index (χ1n) is 12.0. The molecule has 0 bridgehead atoms. The van der Waals surface area contributed by atoms with Crippen molar-refractivity contribution in [2.75, 3.05) is 36.7 Å². The highest BCUT2D eigenvalue weighted by Gasteiger charge is 2.24. The van der Waals surface area contributed by atoms with Crippen LogP contribution in [-0.4, -0.2) is 66.1 Å². The van der Waals surface area contributed by atoms with Gasteiger partial charge in [0.05, 0.1) is 18.3 Å². The SMILES string of the molecule is CS(=O)(=O)N1CCCN(Cc2ccccc2)CCN(C(=O)CCn2ccnc2)Cc2ccccc21. The van der Waals surface area contributed by atoms with Crippen molar-refractivity contribution in [2.45, 2.75) is 32.5 Å². The van der Waals surface area contributed by atoms with Crippen LogP contribution in [-0.2, 0) is 34.5 Å². The predicted molar refractivity (Wildman–Crippen MR) is 137 cm³/mol. The molecular weight excluding hydrogens is 462 g/mol. The van der Waals surface area contributed by atoms with Crippen LogP contribution < -0.4 is 4.31 Å². The van der Waals surface area contributed by atoms with Crippen LogP contribution in [0.15, 0.2) is 73.3 Å². The molecule has 0 radical (unpaired) electrons. The van der Waals surface area contributed by atoms with E-state index in [4.69, 9.17) is 0 Å². The maximum absolute atomic E-state index is 13.3. The Bertz CT molecular complexity index is 1200. The van der Waals surface area contributed by atoms with Gasteiger partial charge in [-0.2, -0.15) is 0 Å². The number of imidazole rings is 1. The normalized spacial score (nSPS) is 15.9. The molecule has 0 saturated heterocycles. The first-order chi connectivity index (χ1) is 16.9. The lowest BCUT2D eigenvalue weighted by molar-refractivity contribution is -0.132. The smallest absolute Gasteiger partial charge is 0.232 e. The van der Waals surface area contributed by atoms with Crippen molar-refractivity contribution in [1.29, 1.82) is 0 Å². The molecule has 1 aliphatic rings. The Labute approximate surface area is 207 Å². The summed E-state index contributed by atoms with van der Waals surface area (Å²) in [6.45, 7) is 4.10. The van der Waals surface area contributed by atoms with Crippen LogP contribution in [0.25, 0.3) is 0 Å². The maximum Gasteiger partial charge on any atom is 0.232 e. The third kappa shape index (κ3) is 6.93. The Morgan fingerprint density at radius 3 is 2.49 bits per heavy atom. The van der Waals surface area contributed by atoms with Crippen LogP contribution in [0.4, 0.5) is 5.69 Å². The van der Waals surface area contributed by atoms with Gasteiger partial charge in [0, 0.05) is 64.6 Å². The molecule has 3 aromatic rings. The lowest BCUT2D eigenvalue weighted by atomic mass is 10.1. The third-order valence-corrected chi connectivity index (χ3v) is 7.47. The second kappa shape index (κ2) is 11.5. The zero-order chi connectivity index (χ0) is 24.7. The number of fused-ring (bicyclic) bond motifs is 1. The fourth-order valence-electron chi connectivity index (χ4n) is 4.46. The van der Waals surface area contributed by atoms with Gasteiger partial charge in [-0.1, -0.05) is 48.5 Å².